The molecule has 0 aliphatic heterocycles. The van der Waals surface area contributed by atoms with E-state index in [2.05, 4.69) is 10.1 Å². The van der Waals surface area contributed by atoms with Crippen molar-refractivity contribution in [3.8, 4) is 0 Å². The second-order valence-electron chi connectivity index (χ2n) is 3.82. The van der Waals surface area contributed by atoms with E-state index in [9.17, 15) is 5.11 Å². The van der Waals surface area contributed by atoms with Gasteiger partial charge in [-0.15, -0.1) is 11.3 Å². The molecule has 5 heteroatoms. The Hall–Kier alpha value is -1.72. The first-order valence-electron chi connectivity index (χ1n) is 5.32. The molecule has 3 aromatic rings. The van der Waals surface area contributed by atoms with Crippen molar-refractivity contribution in [1.29, 1.82) is 0 Å². The highest BCUT2D eigenvalue weighted by molar-refractivity contribution is 7.09. The van der Waals surface area contributed by atoms with Gasteiger partial charge in [0.15, 0.2) is 0 Å². The minimum absolute atomic E-state index is 0.532. The van der Waals surface area contributed by atoms with Gasteiger partial charge in [-0.05, 0) is 12.1 Å². The lowest BCUT2D eigenvalue weighted by molar-refractivity contribution is 0.181. The number of pyridine rings is 1. The molecule has 0 aliphatic carbocycles. The van der Waals surface area contributed by atoms with Gasteiger partial charge in [-0.2, -0.15) is 5.10 Å². The van der Waals surface area contributed by atoms with E-state index in [1.807, 2.05) is 24.4 Å². The average molecular weight is 245 g/mol. The molecule has 1 atom stereocenters. The Balaban J connectivity index is 1.93. The van der Waals surface area contributed by atoms with Gasteiger partial charge in [0, 0.05) is 29.3 Å². The van der Waals surface area contributed by atoms with E-state index >= 15 is 0 Å². The quantitative estimate of drug-likeness (QED) is 0.768. The van der Waals surface area contributed by atoms with Gasteiger partial charge in [-0.25, -0.2) is 4.52 Å². The van der Waals surface area contributed by atoms with Crippen LogP contribution in [0.25, 0.3) is 5.52 Å². The van der Waals surface area contributed by atoms with Crippen molar-refractivity contribution in [2.45, 2.75) is 12.5 Å². The molecule has 0 spiro atoms. The number of nitrogens with zero attached hydrogens (tertiary/aromatic N) is 3. The number of thiazole rings is 1. The Morgan fingerprint density at radius 2 is 2.29 bits per heavy atom. The van der Waals surface area contributed by atoms with E-state index in [1.54, 1.807) is 33.8 Å². The van der Waals surface area contributed by atoms with Gasteiger partial charge < -0.3 is 5.11 Å². The van der Waals surface area contributed by atoms with E-state index in [0.29, 0.717) is 6.42 Å². The highest BCUT2D eigenvalue weighted by Crippen LogP contribution is 2.23. The van der Waals surface area contributed by atoms with Crippen molar-refractivity contribution in [2.24, 2.45) is 0 Å². The van der Waals surface area contributed by atoms with Gasteiger partial charge in [0.05, 0.1) is 23.3 Å². The van der Waals surface area contributed by atoms with Crippen molar-refractivity contribution < 1.29 is 5.11 Å². The van der Waals surface area contributed by atoms with Crippen LogP contribution in [-0.4, -0.2) is 19.7 Å². The Labute approximate surface area is 102 Å². The molecule has 0 aliphatic rings. The summed E-state index contributed by atoms with van der Waals surface area (Å²) in [4.78, 5) is 5.08. The fourth-order valence-electron chi connectivity index (χ4n) is 1.85. The largest absolute Gasteiger partial charge is 0.388 e. The average Bonchev–Trinajstić information content (AvgIpc) is 2.96. The molecule has 3 heterocycles. The van der Waals surface area contributed by atoms with Gasteiger partial charge in [-0.1, -0.05) is 6.07 Å². The summed E-state index contributed by atoms with van der Waals surface area (Å²) in [6.07, 6.45) is 5.44. The number of hydrogen-bond acceptors (Lipinski definition) is 4. The van der Waals surface area contributed by atoms with Crippen molar-refractivity contribution >= 4 is 16.9 Å². The second-order valence-corrected chi connectivity index (χ2v) is 4.79. The number of aliphatic hydroxyl groups is 1. The molecular weight excluding hydrogens is 234 g/mol. The molecule has 17 heavy (non-hydrogen) atoms. The fraction of sp³-hybridized carbons (Fsp3) is 0.167. The predicted molar refractivity (Wildman–Crippen MR) is 66.0 cm³/mol. The van der Waals surface area contributed by atoms with E-state index in [1.165, 1.54) is 0 Å². The van der Waals surface area contributed by atoms with Crippen molar-refractivity contribution in [3.05, 3.63) is 52.7 Å². The van der Waals surface area contributed by atoms with E-state index < -0.39 is 6.10 Å². The van der Waals surface area contributed by atoms with Gasteiger partial charge >= 0.3 is 0 Å². The van der Waals surface area contributed by atoms with Crippen LogP contribution in [0.15, 0.2) is 42.3 Å². The monoisotopic (exact) mass is 245 g/mol. The van der Waals surface area contributed by atoms with Crippen molar-refractivity contribution in [2.75, 3.05) is 0 Å². The van der Waals surface area contributed by atoms with E-state index in [4.69, 9.17) is 0 Å². The first kappa shape index (κ1) is 10.4. The third-order valence-corrected chi connectivity index (χ3v) is 3.50. The smallest absolute Gasteiger partial charge is 0.0875 e. The lowest BCUT2D eigenvalue weighted by atomic mass is 10.1. The first-order chi connectivity index (χ1) is 8.34. The highest BCUT2D eigenvalue weighted by atomic mass is 32.1. The molecule has 0 saturated carbocycles. The maximum atomic E-state index is 10.2. The van der Waals surface area contributed by atoms with Gasteiger partial charge in [0.25, 0.3) is 0 Å². The van der Waals surface area contributed by atoms with Crippen LogP contribution in [0.4, 0.5) is 0 Å². The summed E-state index contributed by atoms with van der Waals surface area (Å²) in [5.74, 6) is 0. The lowest BCUT2D eigenvalue weighted by Gasteiger charge is -2.07. The fourth-order valence-corrected chi connectivity index (χ4v) is 2.49. The van der Waals surface area contributed by atoms with Crippen LogP contribution in [0.3, 0.4) is 0 Å². The molecule has 0 fully saturated rings. The third kappa shape index (κ3) is 1.94. The number of aromatic nitrogens is 3. The Kier molecular flexibility index (Phi) is 2.62. The molecule has 0 radical (unpaired) electrons. The van der Waals surface area contributed by atoms with Crippen LogP contribution in [-0.2, 0) is 6.42 Å². The van der Waals surface area contributed by atoms with Gasteiger partial charge in [0.1, 0.15) is 0 Å². The zero-order chi connectivity index (χ0) is 11.7. The minimum atomic E-state index is -0.532. The van der Waals surface area contributed by atoms with Crippen LogP contribution >= 0.6 is 11.3 Å². The molecule has 1 unspecified atom stereocenters. The normalized spacial score (nSPS) is 13.0. The van der Waals surface area contributed by atoms with Crippen LogP contribution in [0.1, 0.15) is 16.5 Å². The van der Waals surface area contributed by atoms with Gasteiger partial charge in [0.2, 0.25) is 0 Å². The molecule has 3 aromatic heterocycles. The molecule has 0 saturated heterocycles. The SMILES string of the molecule is OC(Cc1cncs1)c1cnn2ccccc12. The first-order valence-corrected chi connectivity index (χ1v) is 6.20. The van der Waals surface area contributed by atoms with Crippen LogP contribution in [0.2, 0.25) is 0 Å². The summed E-state index contributed by atoms with van der Waals surface area (Å²) < 4.78 is 1.77. The number of aliphatic hydroxyl groups excluding tert-OH is 1. The highest BCUT2D eigenvalue weighted by Gasteiger charge is 2.14. The topological polar surface area (TPSA) is 50.4 Å². The summed E-state index contributed by atoms with van der Waals surface area (Å²) in [5, 5.41) is 14.4. The van der Waals surface area contributed by atoms with E-state index in [-0.39, 0.29) is 0 Å². The van der Waals surface area contributed by atoms with E-state index in [0.717, 1.165) is 16.0 Å². The Bertz CT molecular complexity index is 618. The zero-order valence-corrected chi connectivity index (χ0v) is 9.84. The zero-order valence-electron chi connectivity index (χ0n) is 9.02. The molecule has 86 valence electrons. The number of hydrogen-bond donors (Lipinski definition) is 1. The van der Waals surface area contributed by atoms with Crippen molar-refractivity contribution in [1.82, 2.24) is 14.6 Å². The minimum Gasteiger partial charge on any atom is -0.388 e. The number of fused-ring (bicyclic) bond motifs is 1. The van der Waals surface area contributed by atoms with Crippen LogP contribution in [0.5, 0.6) is 0 Å². The third-order valence-electron chi connectivity index (χ3n) is 2.69. The molecular formula is C12H11N3OS. The predicted octanol–water partition coefficient (Wildman–Crippen LogP) is 2.07. The van der Waals surface area contributed by atoms with Gasteiger partial charge in [-0.3, -0.25) is 4.98 Å². The molecule has 3 rings (SSSR count). The maximum absolute atomic E-state index is 10.2. The maximum Gasteiger partial charge on any atom is 0.0875 e. The molecule has 1 N–H and O–H groups in total. The summed E-state index contributed by atoms with van der Waals surface area (Å²) in [7, 11) is 0. The second kappa shape index (κ2) is 4.27. The van der Waals surface area contributed by atoms with Crippen LogP contribution < -0.4 is 0 Å². The molecule has 0 amide bonds. The van der Waals surface area contributed by atoms with Crippen LogP contribution in [0, 0.1) is 0 Å². The number of rotatable bonds is 3. The Morgan fingerprint density at radius 1 is 1.35 bits per heavy atom. The van der Waals surface area contributed by atoms with Crippen molar-refractivity contribution in [3.63, 3.8) is 0 Å². The summed E-state index contributed by atoms with van der Waals surface area (Å²) in [6.45, 7) is 0. The summed E-state index contributed by atoms with van der Waals surface area (Å²) in [6, 6.07) is 5.82. The standard InChI is InChI=1S/C12H11N3OS/c16-12(5-9-6-13-8-17-9)10-7-14-15-4-2-1-3-11(10)15/h1-4,6-8,12,16H,5H2. The summed E-state index contributed by atoms with van der Waals surface area (Å²) >= 11 is 1.56. The Morgan fingerprint density at radius 3 is 3.12 bits per heavy atom. The summed E-state index contributed by atoms with van der Waals surface area (Å²) in [5.41, 5.74) is 3.58. The molecule has 0 bridgehead atoms. The molecule has 4 nitrogen and oxygen atoms in total. The molecule has 0 aromatic carbocycles. The lowest BCUT2D eigenvalue weighted by Crippen LogP contribution is -2.00.